The van der Waals surface area contributed by atoms with Gasteiger partial charge in [-0.3, -0.25) is 0 Å². The number of benzene rings is 3. The lowest BCUT2D eigenvalue weighted by atomic mass is 9.83. The third-order valence-corrected chi connectivity index (χ3v) is 6.68. The van der Waals surface area contributed by atoms with E-state index in [2.05, 4.69) is 93.3 Å². The van der Waals surface area contributed by atoms with Crippen LogP contribution in [-0.2, 0) is 0 Å². The minimum atomic E-state index is 0.484. The molecule has 2 aliphatic rings. The van der Waals surface area contributed by atoms with E-state index < -0.39 is 0 Å². The molecule has 3 aromatic carbocycles. The first-order valence-electron chi connectivity index (χ1n) is 10.4. The molecule has 3 aromatic rings. The molecule has 3 heteroatoms. The first-order chi connectivity index (χ1) is 14.1. The molecule has 0 fully saturated rings. The molecule has 0 saturated carbocycles. The van der Waals surface area contributed by atoms with Gasteiger partial charge in [0, 0.05) is 11.1 Å². The molecular weight excluding hydrogens is 372 g/mol. The predicted octanol–water partition coefficient (Wildman–Crippen LogP) is 7.45. The average molecular weight is 399 g/mol. The summed E-state index contributed by atoms with van der Waals surface area (Å²) in [6, 6.07) is 22.5. The van der Waals surface area contributed by atoms with Gasteiger partial charge in [-0.25, -0.2) is 0 Å². The van der Waals surface area contributed by atoms with E-state index in [0.717, 1.165) is 11.7 Å². The van der Waals surface area contributed by atoms with Gasteiger partial charge in [-0.1, -0.05) is 70.2 Å². The zero-order valence-corrected chi connectivity index (χ0v) is 18.3. The molecule has 0 aromatic heterocycles. The highest BCUT2D eigenvalue weighted by molar-refractivity contribution is 7.98. The van der Waals surface area contributed by atoms with E-state index in [-0.39, 0.29) is 0 Å². The molecule has 2 heterocycles. The van der Waals surface area contributed by atoms with Crippen molar-refractivity contribution in [3.05, 3.63) is 77.4 Å². The van der Waals surface area contributed by atoms with Crippen LogP contribution < -0.4 is 4.90 Å². The highest BCUT2D eigenvalue weighted by Crippen LogP contribution is 2.45. The van der Waals surface area contributed by atoms with E-state index >= 15 is 0 Å². The van der Waals surface area contributed by atoms with Gasteiger partial charge in [-0.05, 0) is 69.8 Å². The van der Waals surface area contributed by atoms with Gasteiger partial charge in [0.2, 0.25) is 0 Å². The molecule has 29 heavy (non-hydrogen) atoms. The van der Waals surface area contributed by atoms with Gasteiger partial charge in [0.25, 0.3) is 0 Å². The summed E-state index contributed by atoms with van der Waals surface area (Å²) in [6.07, 6.45) is 0. The number of anilines is 1. The van der Waals surface area contributed by atoms with Gasteiger partial charge < -0.3 is 4.90 Å². The summed E-state index contributed by atoms with van der Waals surface area (Å²) < 4.78 is 4.75. The number of para-hydroxylation sites is 1. The van der Waals surface area contributed by atoms with E-state index in [0.29, 0.717) is 11.8 Å². The van der Waals surface area contributed by atoms with Gasteiger partial charge >= 0.3 is 0 Å². The summed E-state index contributed by atoms with van der Waals surface area (Å²) in [5, 5.41) is 0. The van der Waals surface area contributed by atoms with Crippen molar-refractivity contribution in [3.8, 4) is 22.3 Å². The van der Waals surface area contributed by atoms with Crippen LogP contribution in [0, 0.1) is 0 Å². The van der Waals surface area contributed by atoms with Crippen LogP contribution in [0.2, 0.25) is 0 Å². The fourth-order valence-electron chi connectivity index (χ4n) is 4.58. The van der Waals surface area contributed by atoms with Crippen molar-refractivity contribution in [1.82, 2.24) is 0 Å². The first-order valence-corrected chi connectivity index (χ1v) is 11.3. The zero-order chi connectivity index (χ0) is 20.1. The molecule has 0 atom stereocenters. The van der Waals surface area contributed by atoms with Crippen LogP contribution in [0.5, 0.6) is 0 Å². The number of fused-ring (bicyclic) bond motifs is 6. The Morgan fingerprint density at radius 3 is 2.24 bits per heavy atom. The van der Waals surface area contributed by atoms with E-state index in [1.807, 2.05) is 0 Å². The first kappa shape index (κ1) is 18.5. The molecule has 0 spiro atoms. The van der Waals surface area contributed by atoms with E-state index in [9.17, 15) is 0 Å². The van der Waals surface area contributed by atoms with Crippen molar-refractivity contribution >= 4 is 23.5 Å². The Hall–Kier alpha value is -2.52. The quantitative estimate of drug-likeness (QED) is 0.426. The molecule has 146 valence electrons. The topological polar surface area (TPSA) is 15.6 Å². The third kappa shape index (κ3) is 2.91. The average Bonchev–Trinajstić information content (AvgIpc) is 3.23. The number of nitrogens with zero attached hydrogens (tertiary/aromatic N) is 2. The van der Waals surface area contributed by atoms with Crippen LogP contribution in [-0.4, -0.2) is 11.7 Å². The van der Waals surface area contributed by atoms with Crippen LogP contribution >= 0.6 is 11.9 Å². The fourth-order valence-corrected chi connectivity index (χ4v) is 5.33. The summed E-state index contributed by atoms with van der Waals surface area (Å²) >= 11 is 1.63. The van der Waals surface area contributed by atoms with Crippen LogP contribution in [0.15, 0.2) is 65.1 Å². The van der Waals surface area contributed by atoms with Gasteiger partial charge in [0.05, 0.1) is 11.6 Å². The van der Waals surface area contributed by atoms with Gasteiger partial charge in [0.15, 0.2) is 0 Å². The minimum absolute atomic E-state index is 0.484. The van der Waals surface area contributed by atoms with Crippen LogP contribution in [0.4, 0.5) is 5.69 Å². The second-order valence-electron chi connectivity index (χ2n) is 8.50. The van der Waals surface area contributed by atoms with Crippen molar-refractivity contribution in [2.75, 3.05) is 10.8 Å². The van der Waals surface area contributed by atoms with Crippen molar-refractivity contribution in [1.29, 1.82) is 0 Å². The summed E-state index contributed by atoms with van der Waals surface area (Å²) in [5.41, 5.74) is 10.7. The van der Waals surface area contributed by atoms with Crippen LogP contribution in [0.3, 0.4) is 0 Å². The molecule has 0 saturated heterocycles. The summed E-state index contributed by atoms with van der Waals surface area (Å²) in [5.74, 6) is 2.95. The molecule has 2 aliphatic heterocycles. The monoisotopic (exact) mass is 398 g/mol. The third-order valence-electron chi connectivity index (χ3n) is 6.00. The maximum atomic E-state index is 4.75. The molecule has 2 nitrogen and oxygen atoms in total. The highest BCUT2D eigenvalue weighted by atomic mass is 32.2. The SMILES string of the molecule is CC(C)c1cccc(C(C)C)c1-c1ccc2c(c1)-c1ccccc1N1CSN=C21. The van der Waals surface area contributed by atoms with Crippen molar-refractivity contribution in [2.45, 2.75) is 39.5 Å². The minimum Gasteiger partial charge on any atom is -0.313 e. The standard InChI is InChI=1S/C26H26N2S/c1-16(2)19-9-7-10-20(17(3)4)25(19)18-12-13-22-23(14-18)21-8-5-6-11-24(21)28-15-29-27-26(22)28/h5-14,16-17H,15H2,1-4H3. The van der Waals surface area contributed by atoms with Crippen molar-refractivity contribution in [2.24, 2.45) is 4.40 Å². The maximum Gasteiger partial charge on any atom is 0.149 e. The molecular formula is C26H26N2S. The summed E-state index contributed by atoms with van der Waals surface area (Å²) in [4.78, 5) is 2.34. The molecule has 5 rings (SSSR count). The van der Waals surface area contributed by atoms with Crippen LogP contribution in [0.25, 0.3) is 22.3 Å². The number of hydrogen-bond donors (Lipinski definition) is 0. The van der Waals surface area contributed by atoms with Gasteiger partial charge in [-0.2, -0.15) is 4.40 Å². The lowest BCUT2D eigenvalue weighted by Gasteiger charge is -2.30. The second-order valence-corrected chi connectivity index (χ2v) is 9.20. The van der Waals surface area contributed by atoms with E-state index in [1.165, 1.54) is 44.6 Å². The van der Waals surface area contributed by atoms with Crippen LogP contribution in [0.1, 0.15) is 56.2 Å². The van der Waals surface area contributed by atoms with Gasteiger partial charge in [0.1, 0.15) is 5.84 Å². The Morgan fingerprint density at radius 2 is 1.52 bits per heavy atom. The molecule has 0 aliphatic carbocycles. The summed E-state index contributed by atoms with van der Waals surface area (Å²) in [6.45, 7) is 9.16. The molecule has 0 bridgehead atoms. The maximum absolute atomic E-state index is 4.75. The normalized spacial score (nSPS) is 14.7. The Bertz CT molecular complexity index is 1100. The van der Waals surface area contributed by atoms with Crippen molar-refractivity contribution in [3.63, 3.8) is 0 Å². The van der Waals surface area contributed by atoms with Gasteiger partial charge in [-0.15, -0.1) is 0 Å². The number of amidine groups is 1. The molecule has 0 radical (unpaired) electrons. The molecule has 0 N–H and O–H groups in total. The second kappa shape index (κ2) is 7.07. The van der Waals surface area contributed by atoms with E-state index in [1.54, 1.807) is 11.9 Å². The lowest BCUT2D eigenvalue weighted by Crippen LogP contribution is -2.31. The number of rotatable bonds is 3. The Kier molecular flexibility index (Phi) is 4.51. The molecule has 0 amide bonds. The Morgan fingerprint density at radius 1 is 0.793 bits per heavy atom. The highest BCUT2D eigenvalue weighted by Gasteiger charge is 2.31. The fraction of sp³-hybridized carbons (Fsp3) is 0.269. The number of hydrogen-bond acceptors (Lipinski definition) is 3. The molecule has 0 unspecified atom stereocenters. The predicted molar refractivity (Wildman–Crippen MR) is 127 cm³/mol. The smallest absolute Gasteiger partial charge is 0.149 e. The lowest BCUT2D eigenvalue weighted by molar-refractivity contribution is 0.838. The summed E-state index contributed by atoms with van der Waals surface area (Å²) in [7, 11) is 0. The Balaban J connectivity index is 1.77. The largest absolute Gasteiger partial charge is 0.313 e. The Labute approximate surface area is 177 Å². The zero-order valence-electron chi connectivity index (χ0n) is 17.4. The van der Waals surface area contributed by atoms with E-state index in [4.69, 9.17) is 4.40 Å². The van der Waals surface area contributed by atoms with Crippen molar-refractivity contribution < 1.29 is 0 Å².